The van der Waals surface area contributed by atoms with Gasteiger partial charge in [0.15, 0.2) is 6.10 Å². The molecule has 1 aromatic heterocycles. The summed E-state index contributed by atoms with van der Waals surface area (Å²) >= 11 is 1.37. The van der Waals surface area contributed by atoms with Crippen molar-refractivity contribution in [3.8, 4) is 0 Å². The molecule has 74 valence electrons. The summed E-state index contributed by atoms with van der Waals surface area (Å²) in [6, 6.07) is 0. The number of nitrogens with zero attached hydrogens (tertiary/aromatic N) is 3. The van der Waals surface area contributed by atoms with Gasteiger partial charge >= 0.3 is 0 Å². The van der Waals surface area contributed by atoms with Gasteiger partial charge in [-0.3, -0.25) is 4.79 Å². The molecule has 1 unspecified atom stereocenters. The highest BCUT2D eigenvalue weighted by molar-refractivity contribution is 7.13. The molecule has 0 fully saturated rings. The zero-order chi connectivity index (χ0) is 10.1. The fourth-order valence-corrected chi connectivity index (χ4v) is 1.87. The topological polar surface area (TPSA) is 54.8 Å². The highest BCUT2D eigenvalue weighted by Crippen LogP contribution is 2.23. The van der Waals surface area contributed by atoms with Crippen molar-refractivity contribution in [2.75, 3.05) is 12.1 Å². The number of carbonyl (C=O) groups excluding carboxylic acids is 1. The maximum atomic E-state index is 11.7. The third kappa shape index (κ3) is 1.32. The second-order valence-corrected chi connectivity index (χ2v) is 3.69. The van der Waals surface area contributed by atoms with Gasteiger partial charge in [0.1, 0.15) is 0 Å². The Morgan fingerprint density at radius 3 is 2.93 bits per heavy atom. The van der Waals surface area contributed by atoms with Crippen LogP contribution in [0.15, 0.2) is 16.7 Å². The highest BCUT2D eigenvalue weighted by Gasteiger charge is 2.35. The van der Waals surface area contributed by atoms with E-state index in [0.29, 0.717) is 10.8 Å². The van der Waals surface area contributed by atoms with Crippen LogP contribution >= 0.6 is 11.3 Å². The quantitative estimate of drug-likeness (QED) is 0.729. The molecule has 0 saturated heterocycles. The van der Waals surface area contributed by atoms with Crippen LogP contribution in [-0.2, 0) is 9.53 Å². The smallest absolute Gasteiger partial charge is 0.284 e. The lowest BCUT2D eigenvalue weighted by Gasteiger charge is -2.09. The van der Waals surface area contributed by atoms with Crippen molar-refractivity contribution < 1.29 is 9.53 Å². The molecule has 1 aromatic rings. The Hall–Kier alpha value is -1.27. The molecule has 6 heteroatoms. The zero-order valence-corrected chi connectivity index (χ0v) is 8.61. The summed E-state index contributed by atoms with van der Waals surface area (Å²) in [6.45, 7) is 1.76. The van der Waals surface area contributed by atoms with Crippen molar-refractivity contribution >= 4 is 28.1 Å². The van der Waals surface area contributed by atoms with Crippen molar-refractivity contribution in [2.45, 2.75) is 13.0 Å². The van der Waals surface area contributed by atoms with E-state index in [9.17, 15) is 4.79 Å². The predicted molar refractivity (Wildman–Crippen MR) is 53.5 cm³/mol. The van der Waals surface area contributed by atoms with Crippen LogP contribution in [0, 0.1) is 0 Å². The first-order chi connectivity index (χ1) is 6.74. The molecular formula is C8H9N3O2S. The van der Waals surface area contributed by atoms with Crippen molar-refractivity contribution in [2.24, 2.45) is 5.10 Å². The zero-order valence-electron chi connectivity index (χ0n) is 7.80. The van der Waals surface area contributed by atoms with E-state index in [1.807, 2.05) is 0 Å². The Balaban J connectivity index is 2.29. The number of hydrogen-bond donors (Lipinski definition) is 0. The Kier molecular flexibility index (Phi) is 2.30. The average molecular weight is 211 g/mol. The molecule has 1 atom stereocenters. The molecule has 1 amide bonds. The lowest BCUT2D eigenvalue weighted by atomic mass is 10.2. The predicted octanol–water partition coefficient (Wildman–Crippen LogP) is 0.881. The Labute approximate surface area is 85.0 Å². The fraction of sp³-hybridized carbons (Fsp3) is 0.375. The van der Waals surface area contributed by atoms with Crippen LogP contribution in [0.4, 0.5) is 5.13 Å². The van der Waals surface area contributed by atoms with Gasteiger partial charge in [0, 0.05) is 18.7 Å². The third-order valence-corrected chi connectivity index (χ3v) is 2.65. The van der Waals surface area contributed by atoms with Crippen molar-refractivity contribution in [1.82, 2.24) is 4.98 Å². The number of hydrazone groups is 1. The van der Waals surface area contributed by atoms with Gasteiger partial charge in [-0.25, -0.2) is 4.98 Å². The van der Waals surface area contributed by atoms with E-state index >= 15 is 0 Å². The summed E-state index contributed by atoms with van der Waals surface area (Å²) in [7, 11) is 1.49. The van der Waals surface area contributed by atoms with Crippen LogP contribution in [0.5, 0.6) is 0 Å². The molecular weight excluding hydrogens is 202 g/mol. The third-order valence-electron chi connectivity index (χ3n) is 1.91. The number of ether oxygens (including phenoxy) is 1. The molecule has 2 rings (SSSR count). The molecule has 0 aromatic carbocycles. The van der Waals surface area contributed by atoms with Gasteiger partial charge in [-0.1, -0.05) is 0 Å². The number of aromatic nitrogens is 1. The second kappa shape index (κ2) is 3.47. The summed E-state index contributed by atoms with van der Waals surface area (Å²) in [5.74, 6) is -0.181. The SMILES string of the molecule is COC1C(=O)N(c2nccs2)N=C1C. The summed E-state index contributed by atoms with van der Waals surface area (Å²) < 4.78 is 5.02. The lowest BCUT2D eigenvalue weighted by Crippen LogP contribution is -2.32. The molecule has 1 aliphatic rings. The standard InChI is InChI=1S/C8H9N3O2S/c1-5-6(13-2)7(12)11(10-5)8-9-3-4-14-8/h3-4,6H,1-2H3. The number of anilines is 1. The first-order valence-electron chi connectivity index (χ1n) is 4.05. The van der Waals surface area contributed by atoms with Crippen LogP contribution < -0.4 is 5.01 Å². The van der Waals surface area contributed by atoms with E-state index in [-0.39, 0.29) is 5.91 Å². The van der Waals surface area contributed by atoms with Crippen molar-refractivity contribution in [3.63, 3.8) is 0 Å². The summed E-state index contributed by atoms with van der Waals surface area (Å²) in [5, 5.41) is 7.75. The highest BCUT2D eigenvalue weighted by atomic mass is 32.1. The maximum Gasteiger partial charge on any atom is 0.284 e. The maximum absolute atomic E-state index is 11.7. The van der Waals surface area contributed by atoms with Crippen molar-refractivity contribution in [1.29, 1.82) is 0 Å². The first-order valence-corrected chi connectivity index (χ1v) is 4.93. The molecule has 0 N–H and O–H groups in total. The number of hydrogen-bond acceptors (Lipinski definition) is 5. The van der Waals surface area contributed by atoms with Gasteiger partial charge in [-0.15, -0.1) is 11.3 Å². The fourth-order valence-electron chi connectivity index (χ4n) is 1.28. The molecule has 14 heavy (non-hydrogen) atoms. The number of carbonyl (C=O) groups is 1. The molecule has 0 radical (unpaired) electrons. The molecule has 1 aliphatic heterocycles. The first kappa shape index (κ1) is 9.29. The summed E-state index contributed by atoms with van der Waals surface area (Å²) in [4.78, 5) is 15.7. The number of amides is 1. The van der Waals surface area contributed by atoms with E-state index in [1.165, 1.54) is 23.5 Å². The molecule has 0 aliphatic carbocycles. The molecule has 2 heterocycles. The number of rotatable bonds is 2. The van der Waals surface area contributed by atoms with Crippen LogP contribution in [0.3, 0.4) is 0 Å². The lowest BCUT2D eigenvalue weighted by molar-refractivity contribution is -0.123. The number of thiazole rings is 1. The average Bonchev–Trinajstić information content (AvgIpc) is 2.74. The van der Waals surface area contributed by atoms with Gasteiger partial charge < -0.3 is 4.74 Å². The Morgan fingerprint density at radius 1 is 1.64 bits per heavy atom. The van der Waals surface area contributed by atoms with Crippen LogP contribution in [-0.4, -0.2) is 29.8 Å². The van der Waals surface area contributed by atoms with Gasteiger partial charge in [0.25, 0.3) is 5.91 Å². The number of methoxy groups -OCH3 is 1. The van der Waals surface area contributed by atoms with Crippen LogP contribution in [0.2, 0.25) is 0 Å². The van der Waals surface area contributed by atoms with E-state index in [2.05, 4.69) is 10.1 Å². The van der Waals surface area contributed by atoms with Gasteiger partial charge in [-0.05, 0) is 6.92 Å². The minimum atomic E-state index is -0.557. The van der Waals surface area contributed by atoms with Crippen molar-refractivity contribution in [3.05, 3.63) is 11.6 Å². The Bertz CT molecular complexity index is 374. The summed E-state index contributed by atoms with van der Waals surface area (Å²) in [6.07, 6.45) is 1.08. The monoisotopic (exact) mass is 211 g/mol. The Morgan fingerprint density at radius 2 is 2.43 bits per heavy atom. The largest absolute Gasteiger partial charge is 0.365 e. The molecule has 0 bridgehead atoms. The minimum Gasteiger partial charge on any atom is -0.365 e. The van der Waals surface area contributed by atoms with E-state index in [1.54, 1.807) is 18.5 Å². The van der Waals surface area contributed by atoms with E-state index in [4.69, 9.17) is 4.74 Å². The molecule has 5 nitrogen and oxygen atoms in total. The van der Waals surface area contributed by atoms with Crippen LogP contribution in [0.25, 0.3) is 0 Å². The second-order valence-electron chi connectivity index (χ2n) is 2.82. The molecule has 0 saturated carbocycles. The normalized spacial score (nSPS) is 21.6. The van der Waals surface area contributed by atoms with Crippen LogP contribution in [0.1, 0.15) is 6.92 Å². The van der Waals surface area contributed by atoms with Gasteiger partial charge in [-0.2, -0.15) is 10.1 Å². The van der Waals surface area contributed by atoms with Gasteiger partial charge in [0.05, 0.1) is 5.71 Å². The van der Waals surface area contributed by atoms with E-state index < -0.39 is 6.10 Å². The summed E-state index contributed by atoms with van der Waals surface area (Å²) in [5.41, 5.74) is 0.660. The minimum absolute atomic E-state index is 0.181. The van der Waals surface area contributed by atoms with Gasteiger partial charge in [0.2, 0.25) is 5.13 Å². The van der Waals surface area contributed by atoms with E-state index in [0.717, 1.165) is 0 Å². The molecule has 0 spiro atoms.